The second-order valence-electron chi connectivity index (χ2n) is 6.07. The fourth-order valence-electron chi connectivity index (χ4n) is 2.81. The molecule has 0 aliphatic heterocycles. The Morgan fingerprint density at radius 2 is 2.00 bits per heavy atom. The third-order valence-electron chi connectivity index (χ3n) is 4.40. The van der Waals surface area contributed by atoms with Crippen LogP contribution in [-0.4, -0.2) is 0 Å². The molecule has 94 valence electrons. The van der Waals surface area contributed by atoms with Gasteiger partial charge in [0, 0.05) is 0 Å². The fraction of sp³-hybridized carbons (Fsp3) is 0.875. The van der Waals surface area contributed by atoms with Crippen molar-refractivity contribution < 1.29 is 0 Å². The van der Waals surface area contributed by atoms with E-state index >= 15 is 0 Å². The summed E-state index contributed by atoms with van der Waals surface area (Å²) in [4.78, 5) is 0. The van der Waals surface area contributed by atoms with E-state index in [0.717, 1.165) is 23.7 Å². The lowest BCUT2D eigenvalue weighted by atomic mass is 9.76. The monoisotopic (exact) mass is 222 g/mol. The minimum absolute atomic E-state index is 0.798. The van der Waals surface area contributed by atoms with Gasteiger partial charge in [-0.15, -0.1) is 0 Å². The molecule has 1 rings (SSSR count). The Hall–Kier alpha value is -0.260. The topological polar surface area (TPSA) is 0 Å². The van der Waals surface area contributed by atoms with Crippen LogP contribution in [0.4, 0.5) is 0 Å². The standard InChI is InChI=1S/C16H30/c1-5-13(2)8-6-10-15(4)16-11-7-9-14(3)12-16/h6,10,13-16H,5,7-9,11-12H2,1-4H3/b10-6-. The first-order chi connectivity index (χ1) is 7.63. The summed E-state index contributed by atoms with van der Waals surface area (Å²) < 4.78 is 0. The van der Waals surface area contributed by atoms with E-state index in [4.69, 9.17) is 0 Å². The molecule has 4 atom stereocenters. The highest BCUT2D eigenvalue weighted by Crippen LogP contribution is 2.34. The van der Waals surface area contributed by atoms with Crippen molar-refractivity contribution in [3.8, 4) is 0 Å². The summed E-state index contributed by atoms with van der Waals surface area (Å²) >= 11 is 0. The average Bonchev–Trinajstić information content (AvgIpc) is 2.28. The van der Waals surface area contributed by atoms with Crippen molar-refractivity contribution in [2.24, 2.45) is 23.7 Å². The molecule has 0 bridgehead atoms. The number of hydrogen-bond acceptors (Lipinski definition) is 0. The third kappa shape index (κ3) is 4.72. The summed E-state index contributed by atoms with van der Waals surface area (Å²) in [6, 6.07) is 0. The van der Waals surface area contributed by atoms with Gasteiger partial charge >= 0.3 is 0 Å². The molecule has 0 amide bonds. The van der Waals surface area contributed by atoms with E-state index in [1.54, 1.807) is 0 Å². The number of rotatable bonds is 5. The van der Waals surface area contributed by atoms with E-state index < -0.39 is 0 Å². The molecular formula is C16H30. The predicted octanol–water partition coefficient (Wildman–Crippen LogP) is 5.44. The van der Waals surface area contributed by atoms with Crippen molar-refractivity contribution in [3.05, 3.63) is 12.2 Å². The second-order valence-corrected chi connectivity index (χ2v) is 6.07. The lowest BCUT2D eigenvalue weighted by molar-refractivity contribution is 0.241. The van der Waals surface area contributed by atoms with Crippen LogP contribution in [0.1, 0.15) is 66.2 Å². The van der Waals surface area contributed by atoms with Crippen molar-refractivity contribution in [1.82, 2.24) is 0 Å². The van der Waals surface area contributed by atoms with Gasteiger partial charge in [0.2, 0.25) is 0 Å². The van der Waals surface area contributed by atoms with Gasteiger partial charge in [-0.3, -0.25) is 0 Å². The van der Waals surface area contributed by atoms with Gasteiger partial charge in [-0.2, -0.15) is 0 Å². The largest absolute Gasteiger partial charge is 0.0880 e. The van der Waals surface area contributed by atoms with E-state index in [1.165, 1.54) is 38.5 Å². The lowest BCUT2D eigenvalue weighted by Crippen LogP contribution is -2.18. The average molecular weight is 222 g/mol. The molecule has 1 aliphatic rings. The minimum atomic E-state index is 0.798. The summed E-state index contributed by atoms with van der Waals surface area (Å²) in [7, 11) is 0. The summed E-state index contributed by atoms with van der Waals surface area (Å²) in [6.45, 7) is 9.46. The van der Waals surface area contributed by atoms with Gasteiger partial charge < -0.3 is 0 Å². The van der Waals surface area contributed by atoms with Crippen LogP contribution >= 0.6 is 0 Å². The van der Waals surface area contributed by atoms with E-state index in [-0.39, 0.29) is 0 Å². The first-order valence-corrected chi connectivity index (χ1v) is 7.30. The highest BCUT2D eigenvalue weighted by Gasteiger charge is 2.22. The molecule has 0 nitrogen and oxygen atoms in total. The van der Waals surface area contributed by atoms with Crippen LogP contribution in [0.15, 0.2) is 12.2 Å². The van der Waals surface area contributed by atoms with Gasteiger partial charge in [-0.1, -0.05) is 59.1 Å². The van der Waals surface area contributed by atoms with Crippen LogP contribution in [0.3, 0.4) is 0 Å². The Morgan fingerprint density at radius 3 is 2.62 bits per heavy atom. The molecule has 0 heterocycles. The molecule has 1 saturated carbocycles. The first kappa shape index (κ1) is 13.8. The molecule has 0 aromatic rings. The lowest BCUT2D eigenvalue weighted by Gasteiger charge is -2.30. The van der Waals surface area contributed by atoms with Crippen LogP contribution in [0.2, 0.25) is 0 Å². The maximum absolute atomic E-state index is 2.48. The molecule has 16 heavy (non-hydrogen) atoms. The summed E-state index contributed by atoms with van der Waals surface area (Å²) in [5.41, 5.74) is 0. The highest BCUT2D eigenvalue weighted by molar-refractivity contribution is 4.91. The van der Waals surface area contributed by atoms with Gasteiger partial charge in [-0.05, 0) is 42.9 Å². The molecule has 0 spiro atoms. The van der Waals surface area contributed by atoms with E-state index in [1.807, 2.05) is 0 Å². The van der Waals surface area contributed by atoms with Crippen LogP contribution in [-0.2, 0) is 0 Å². The van der Waals surface area contributed by atoms with Crippen LogP contribution < -0.4 is 0 Å². The van der Waals surface area contributed by atoms with Crippen molar-refractivity contribution in [3.63, 3.8) is 0 Å². The Bertz CT molecular complexity index is 204. The smallest absolute Gasteiger partial charge is 0.0233 e. The van der Waals surface area contributed by atoms with Gasteiger partial charge in [0.25, 0.3) is 0 Å². The zero-order valence-electron chi connectivity index (χ0n) is 11.7. The molecular weight excluding hydrogens is 192 g/mol. The summed E-state index contributed by atoms with van der Waals surface area (Å²) in [5, 5.41) is 0. The number of allylic oxidation sites excluding steroid dienone is 2. The quantitative estimate of drug-likeness (QED) is 0.543. The van der Waals surface area contributed by atoms with E-state index in [9.17, 15) is 0 Å². The normalized spacial score (nSPS) is 30.5. The maximum Gasteiger partial charge on any atom is -0.0233 e. The Labute approximate surface area is 103 Å². The zero-order chi connectivity index (χ0) is 12.0. The molecule has 1 aliphatic carbocycles. The second kappa shape index (κ2) is 7.14. The van der Waals surface area contributed by atoms with Crippen molar-refractivity contribution >= 4 is 0 Å². The molecule has 1 fully saturated rings. The molecule has 0 saturated heterocycles. The number of hydrogen-bond donors (Lipinski definition) is 0. The molecule has 0 aromatic heterocycles. The van der Waals surface area contributed by atoms with E-state index in [2.05, 4.69) is 39.8 Å². The van der Waals surface area contributed by atoms with Crippen LogP contribution in [0.5, 0.6) is 0 Å². The molecule has 0 heteroatoms. The zero-order valence-corrected chi connectivity index (χ0v) is 11.7. The molecule has 0 aromatic carbocycles. The molecule has 0 N–H and O–H groups in total. The molecule has 0 radical (unpaired) electrons. The summed E-state index contributed by atoms with van der Waals surface area (Å²) in [6.07, 6.45) is 13.3. The Balaban J connectivity index is 2.30. The maximum atomic E-state index is 2.48. The van der Waals surface area contributed by atoms with Crippen LogP contribution in [0.25, 0.3) is 0 Å². The Kier molecular flexibility index (Phi) is 6.16. The van der Waals surface area contributed by atoms with E-state index in [0.29, 0.717) is 0 Å². The fourth-order valence-corrected chi connectivity index (χ4v) is 2.81. The van der Waals surface area contributed by atoms with Gasteiger partial charge in [0.05, 0.1) is 0 Å². The predicted molar refractivity (Wildman–Crippen MR) is 73.5 cm³/mol. The van der Waals surface area contributed by atoms with Crippen molar-refractivity contribution in [2.75, 3.05) is 0 Å². The molecule has 4 unspecified atom stereocenters. The van der Waals surface area contributed by atoms with Crippen LogP contribution in [0, 0.1) is 23.7 Å². The SMILES string of the molecule is CCC(C)C/C=C\C(C)C1CCCC(C)C1. The third-order valence-corrected chi connectivity index (χ3v) is 4.40. The van der Waals surface area contributed by atoms with Gasteiger partial charge in [0.1, 0.15) is 0 Å². The first-order valence-electron chi connectivity index (χ1n) is 7.30. The van der Waals surface area contributed by atoms with Gasteiger partial charge in [0.15, 0.2) is 0 Å². The van der Waals surface area contributed by atoms with Gasteiger partial charge in [-0.25, -0.2) is 0 Å². The van der Waals surface area contributed by atoms with Crippen molar-refractivity contribution in [2.45, 2.75) is 66.2 Å². The summed E-state index contributed by atoms with van der Waals surface area (Å²) in [5.74, 6) is 3.57. The van der Waals surface area contributed by atoms with Crippen molar-refractivity contribution in [1.29, 1.82) is 0 Å². The Morgan fingerprint density at radius 1 is 1.25 bits per heavy atom. The minimum Gasteiger partial charge on any atom is -0.0880 e. The highest BCUT2D eigenvalue weighted by atomic mass is 14.3.